The van der Waals surface area contributed by atoms with Gasteiger partial charge in [-0.2, -0.15) is 0 Å². The van der Waals surface area contributed by atoms with Crippen LogP contribution >= 0.6 is 90.4 Å². The normalized spacial score (nSPS) is 11.2. The summed E-state index contributed by atoms with van der Waals surface area (Å²) in [6.45, 7) is 0. The molecule has 0 heterocycles. The molecule has 166 valence electrons. The van der Waals surface area contributed by atoms with Gasteiger partial charge in [0.05, 0.1) is 16.0 Å². The third-order valence-electron chi connectivity index (χ3n) is 3.88. The molecule has 0 aliphatic rings. The second-order valence-electron chi connectivity index (χ2n) is 6.09. The zero-order valence-electron chi connectivity index (χ0n) is 15.5. The van der Waals surface area contributed by atoms with Gasteiger partial charge in [0.1, 0.15) is 21.6 Å². The first-order valence-corrected chi connectivity index (χ1v) is 14.1. The third kappa shape index (κ3) is 6.51. The molecule has 7 nitrogen and oxygen atoms in total. The van der Waals surface area contributed by atoms with Gasteiger partial charge in [-0.1, -0.05) is 0 Å². The molecule has 3 aromatic carbocycles. The average molecular weight is 901 g/mol. The summed E-state index contributed by atoms with van der Waals surface area (Å²) in [5.41, 5.74) is -0.00457. The van der Waals surface area contributed by atoms with Crippen molar-refractivity contribution in [1.82, 2.24) is 0 Å². The summed E-state index contributed by atoms with van der Waals surface area (Å²) >= 11 is 7.49. The van der Waals surface area contributed by atoms with E-state index in [1.807, 2.05) is 22.6 Å². The van der Waals surface area contributed by atoms with Crippen LogP contribution in [0.2, 0.25) is 0 Å². The predicted molar refractivity (Wildman–Crippen MR) is 148 cm³/mol. The summed E-state index contributed by atoms with van der Waals surface area (Å²) < 4.78 is 46.9. The maximum atomic E-state index is 12.9. The molecule has 0 aliphatic heterocycles. The van der Waals surface area contributed by atoms with Crippen LogP contribution in [0.15, 0.2) is 59.5 Å². The quantitative estimate of drug-likeness (QED) is 0.145. The van der Waals surface area contributed by atoms with E-state index in [1.165, 1.54) is 24.3 Å². The molecule has 0 radical (unpaired) electrons. The van der Waals surface area contributed by atoms with E-state index in [-0.39, 0.29) is 28.9 Å². The molecule has 3 aromatic rings. The average Bonchev–Trinajstić information content (AvgIpc) is 2.67. The molecule has 3 rings (SSSR count). The highest BCUT2D eigenvalue weighted by atomic mass is 127. The molecule has 12 heteroatoms. The second-order valence-corrected chi connectivity index (χ2v) is 12.2. The van der Waals surface area contributed by atoms with Crippen LogP contribution in [-0.4, -0.2) is 24.9 Å². The standard InChI is InChI=1S/C20H10I4O7S/c21-10-1-4-12(5-2-10)30-19(25)14-6-3-11(22)7-15(14)20(26)31-13-8-16(23)18(17(24)9-13)32(27,28)29/h1-9H,(H,27,28,29)/p-1. The largest absolute Gasteiger partial charge is 0.744 e. The molecule has 0 amide bonds. The molecular weight excluding hydrogens is 892 g/mol. The highest BCUT2D eigenvalue weighted by molar-refractivity contribution is 14.1. The van der Waals surface area contributed by atoms with E-state index in [0.717, 1.165) is 3.57 Å². The number of carbonyl (C=O) groups excluding carboxylic acids is 2. The minimum Gasteiger partial charge on any atom is -0.744 e. The second kappa shape index (κ2) is 10.8. The van der Waals surface area contributed by atoms with E-state index in [4.69, 9.17) is 9.47 Å². The van der Waals surface area contributed by atoms with E-state index in [1.54, 1.807) is 75.5 Å². The molecular formula is C20H9I4O7S-. The van der Waals surface area contributed by atoms with Crippen molar-refractivity contribution in [1.29, 1.82) is 0 Å². The van der Waals surface area contributed by atoms with Crippen LogP contribution in [0.4, 0.5) is 0 Å². The van der Waals surface area contributed by atoms with Crippen molar-refractivity contribution in [3.8, 4) is 11.5 Å². The lowest BCUT2D eigenvalue weighted by Crippen LogP contribution is -2.18. The summed E-state index contributed by atoms with van der Waals surface area (Å²) in [6, 6.07) is 14.0. The Morgan fingerprint density at radius 3 is 1.75 bits per heavy atom. The monoisotopic (exact) mass is 901 g/mol. The molecule has 0 fully saturated rings. The van der Waals surface area contributed by atoms with Crippen molar-refractivity contribution in [2.45, 2.75) is 4.90 Å². The van der Waals surface area contributed by atoms with E-state index >= 15 is 0 Å². The molecule has 0 aromatic heterocycles. The lowest BCUT2D eigenvalue weighted by molar-refractivity contribution is 0.0691. The van der Waals surface area contributed by atoms with Crippen LogP contribution < -0.4 is 9.47 Å². The lowest BCUT2D eigenvalue weighted by Gasteiger charge is -2.14. The Labute approximate surface area is 238 Å². The number of ether oxygens (including phenoxy) is 2. The first kappa shape index (κ1) is 26.0. The summed E-state index contributed by atoms with van der Waals surface area (Å²) in [4.78, 5) is 25.2. The van der Waals surface area contributed by atoms with Gasteiger partial charge in [-0.15, -0.1) is 0 Å². The van der Waals surface area contributed by atoms with Crippen LogP contribution in [0.3, 0.4) is 0 Å². The Bertz CT molecular complexity index is 1300. The highest BCUT2D eigenvalue weighted by Gasteiger charge is 2.22. The van der Waals surface area contributed by atoms with Gasteiger partial charge in [0.2, 0.25) is 0 Å². The summed E-state index contributed by atoms with van der Waals surface area (Å²) in [5.74, 6) is -1.20. The molecule has 0 unspecified atom stereocenters. The number of benzene rings is 3. The van der Waals surface area contributed by atoms with Crippen molar-refractivity contribution in [2.24, 2.45) is 0 Å². The number of hydrogen-bond donors (Lipinski definition) is 0. The molecule has 0 aliphatic carbocycles. The molecule has 0 atom stereocenters. The number of hydrogen-bond acceptors (Lipinski definition) is 7. The Balaban J connectivity index is 1.91. The minimum absolute atomic E-state index is 0.0112. The molecule has 0 saturated carbocycles. The topological polar surface area (TPSA) is 110 Å². The van der Waals surface area contributed by atoms with Gasteiger partial charge in [-0.05, 0) is 145 Å². The van der Waals surface area contributed by atoms with E-state index < -0.39 is 22.1 Å². The summed E-state index contributed by atoms with van der Waals surface area (Å²) in [5, 5.41) is 0. The Hall–Kier alpha value is -0.570. The maximum absolute atomic E-state index is 12.9. The van der Waals surface area contributed by atoms with Crippen LogP contribution in [0.1, 0.15) is 20.7 Å². The van der Waals surface area contributed by atoms with Gasteiger partial charge in [0, 0.05) is 14.3 Å². The van der Waals surface area contributed by atoms with Crippen LogP contribution in [0, 0.1) is 14.3 Å². The van der Waals surface area contributed by atoms with Crippen LogP contribution in [-0.2, 0) is 10.1 Å². The highest BCUT2D eigenvalue weighted by Crippen LogP contribution is 2.30. The van der Waals surface area contributed by atoms with Crippen LogP contribution in [0.5, 0.6) is 11.5 Å². The van der Waals surface area contributed by atoms with Crippen molar-refractivity contribution in [3.63, 3.8) is 0 Å². The van der Waals surface area contributed by atoms with Gasteiger partial charge < -0.3 is 14.0 Å². The number of carbonyl (C=O) groups is 2. The molecule has 0 spiro atoms. The zero-order chi connectivity index (χ0) is 23.6. The van der Waals surface area contributed by atoms with Crippen molar-refractivity contribution < 1.29 is 32.0 Å². The van der Waals surface area contributed by atoms with Crippen molar-refractivity contribution in [3.05, 3.63) is 80.0 Å². The van der Waals surface area contributed by atoms with E-state index in [2.05, 4.69) is 22.6 Å². The lowest BCUT2D eigenvalue weighted by atomic mass is 10.1. The number of rotatable bonds is 5. The summed E-state index contributed by atoms with van der Waals surface area (Å²) in [7, 11) is -4.69. The molecule has 32 heavy (non-hydrogen) atoms. The van der Waals surface area contributed by atoms with Crippen molar-refractivity contribution >= 4 is 112 Å². The first-order chi connectivity index (χ1) is 15.0. The fourth-order valence-electron chi connectivity index (χ4n) is 2.52. The molecule has 0 bridgehead atoms. The Morgan fingerprint density at radius 2 is 1.19 bits per heavy atom. The smallest absolute Gasteiger partial charge is 0.344 e. The van der Waals surface area contributed by atoms with Gasteiger partial charge in [-0.3, -0.25) is 0 Å². The number of esters is 2. The molecule has 0 N–H and O–H groups in total. The minimum atomic E-state index is -4.69. The van der Waals surface area contributed by atoms with E-state index in [0.29, 0.717) is 9.32 Å². The summed E-state index contributed by atoms with van der Waals surface area (Å²) in [6.07, 6.45) is 0. The molecule has 0 saturated heterocycles. The van der Waals surface area contributed by atoms with Gasteiger partial charge in [-0.25, -0.2) is 18.0 Å². The van der Waals surface area contributed by atoms with Gasteiger partial charge >= 0.3 is 11.9 Å². The van der Waals surface area contributed by atoms with Gasteiger partial charge in [0.15, 0.2) is 0 Å². The van der Waals surface area contributed by atoms with Gasteiger partial charge in [0.25, 0.3) is 0 Å². The van der Waals surface area contributed by atoms with E-state index in [9.17, 15) is 22.6 Å². The fourth-order valence-corrected chi connectivity index (χ4v) is 7.30. The van der Waals surface area contributed by atoms with Crippen LogP contribution in [0.25, 0.3) is 0 Å². The number of halogens is 4. The predicted octanol–water partition coefficient (Wildman–Crippen LogP) is 5.45. The zero-order valence-corrected chi connectivity index (χ0v) is 24.9. The maximum Gasteiger partial charge on any atom is 0.344 e. The SMILES string of the molecule is O=C(Oc1ccc(I)cc1)c1ccc(I)cc1C(=O)Oc1cc(I)c(S(=O)(=O)[O-])c(I)c1. The Morgan fingerprint density at radius 1 is 0.688 bits per heavy atom. The third-order valence-corrected chi connectivity index (χ3v) is 8.64. The van der Waals surface area contributed by atoms with Crippen molar-refractivity contribution in [2.75, 3.05) is 0 Å². The Kier molecular flexibility index (Phi) is 8.78. The first-order valence-electron chi connectivity index (χ1n) is 8.40. The fraction of sp³-hybridized carbons (Fsp3) is 0.